The summed E-state index contributed by atoms with van der Waals surface area (Å²) in [6.45, 7) is 9.85. The van der Waals surface area contributed by atoms with Gasteiger partial charge in [0.1, 0.15) is 0 Å². The van der Waals surface area contributed by atoms with E-state index in [2.05, 4.69) is 55.3 Å². The van der Waals surface area contributed by atoms with E-state index in [9.17, 15) is 0 Å². The van der Waals surface area contributed by atoms with Gasteiger partial charge >= 0.3 is 0 Å². The zero-order valence-corrected chi connectivity index (χ0v) is 11.3. The summed E-state index contributed by atoms with van der Waals surface area (Å²) in [6, 6.07) is 8.96. The molecule has 1 aliphatic carbocycles. The number of rotatable bonds is 6. The summed E-state index contributed by atoms with van der Waals surface area (Å²) >= 11 is 0. The Morgan fingerprint density at radius 1 is 1.12 bits per heavy atom. The second-order valence-corrected chi connectivity index (χ2v) is 5.25. The lowest BCUT2D eigenvalue weighted by molar-refractivity contribution is 0.538. The Labute approximate surface area is 105 Å². The molecule has 1 saturated carbocycles. The van der Waals surface area contributed by atoms with E-state index in [1.807, 2.05) is 0 Å². The largest absolute Gasteiger partial charge is 0.372 e. The molecule has 0 heterocycles. The molecule has 2 heteroatoms. The Bertz CT molecular complexity index is 348. The number of hydrogen-bond donors (Lipinski definition) is 1. The van der Waals surface area contributed by atoms with E-state index in [4.69, 9.17) is 0 Å². The van der Waals surface area contributed by atoms with Gasteiger partial charge in [0.15, 0.2) is 0 Å². The van der Waals surface area contributed by atoms with Crippen molar-refractivity contribution < 1.29 is 0 Å². The van der Waals surface area contributed by atoms with Gasteiger partial charge in [-0.25, -0.2) is 0 Å². The maximum Gasteiger partial charge on any atom is 0.0366 e. The van der Waals surface area contributed by atoms with Gasteiger partial charge in [0.2, 0.25) is 0 Å². The van der Waals surface area contributed by atoms with Crippen molar-refractivity contribution in [3.63, 3.8) is 0 Å². The molecular weight excluding hydrogens is 208 g/mol. The average molecular weight is 232 g/mol. The summed E-state index contributed by atoms with van der Waals surface area (Å²) in [5.41, 5.74) is 3.14. The van der Waals surface area contributed by atoms with Gasteiger partial charge in [0, 0.05) is 30.9 Å². The lowest BCUT2D eigenvalue weighted by Crippen LogP contribution is -2.27. The van der Waals surface area contributed by atoms with Crippen LogP contribution in [0.15, 0.2) is 24.3 Å². The molecule has 1 aliphatic rings. The van der Waals surface area contributed by atoms with Crippen molar-refractivity contribution in [3.05, 3.63) is 29.8 Å². The summed E-state index contributed by atoms with van der Waals surface area (Å²) in [6.07, 6.45) is 2.65. The predicted octanol–water partition coefficient (Wildman–Crippen LogP) is 3.17. The van der Waals surface area contributed by atoms with Crippen molar-refractivity contribution in [3.8, 4) is 0 Å². The van der Waals surface area contributed by atoms with Gasteiger partial charge in [0.25, 0.3) is 0 Å². The predicted molar refractivity (Wildman–Crippen MR) is 74.5 cm³/mol. The average Bonchev–Trinajstić information content (AvgIpc) is 3.09. The van der Waals surface area contributed by atoms with Crippen molar-refractivity contribution in [1.29, 1.82) is 0 Å². The van der Waals surface area contributed by atoms with Gasteiger partial charge in [0.05, 0.1) is 0 Å². The lowest BCUT2D eigenvalue weighted by atomic mass is 10.1. The van der Waals surface area contributed by atoms with Gasteiger partial charge < -0.3 is 10.2 Å². The summed E-state index contributed by atoms with van der Waals surface area (Å²) in [4.78, 5) is 2.37. The summed E-state index contributed by atoms with van der Waals surface area (Å²) in [7, 11) is 0. The van der Waals surface area contributed by atoms with Crippen LogP contribution in [-0.4, -0.2) is 18.6 Å². The van der Waals surface area contributed by atoms with Gasteiger partial charge in [-0.3, -0.25) is 0 Å². The van der Waals surface area contributed by atoms with Crippen molar-refractivity contribution in [1.82, 2.24) is 5.32 Å². The van der Waals surface area contributed by atoms with Crippen LogP contribution in [0.2, 0.25) is 0 Å². The van der Waals surface area contributed by atoms with Crippen molar-refractivity contribution in [2.45, 2.75) is 45.7 Å². The molecule has 2 nitrogen and oxygen atoms in total. The minimum absolute atomic E-state index is 0.428. The Morgan fingerprint density at radius 3 is 2.18 bits per heavy atom. The molecule has 1 fully saturated rings. The molecule has 1 N–H and O–H groups in total. The molecule has 0 radical (unpaired) electrons. The van der Waals surface area contributed by atoms with Crippen LogP contribution in [0.5, 0.6) is 0 Å². The van der Waals surface area contributed by atoms with E-state index in [0.29, 0.717) is 5.54 Å². The maximum atomic E-state index is 3.61. The van der Waals surface area contributed by atoms with Crippen LogP contribution in [0.4, 0.5) is 5.69 Å². The van der Waals surface area contributed by atoms with E-state index >= 15 is 0 Å². The molecule has 0 spiro atoms. The van der Waals surface area contributed by atoms with Crippen LogP contribution in [0.1, 0.15) is 39.2 Å². The van der Waals surface area contributed by atoms with Gasteiger partial charge in [-0.1, -0.05) is 12.1 Å². The van der Waals surface area contributed by atoms with E-state index in [1.165, 1.54) is 24.1 Å². The molecule has 0 aromatic heterocycles. The first kappa shape index (κ1) is 12.4. The van der Waals surface area contributed by atoms with Crippen LogP contribution in [-0.2, 0) is 6.54 Å². The zero-order chi connectivity index (χ0) is 12.3. The molecule has 2 rings (SSSR count). The highest BCUT2D eigenvalue weighted by Crippen LogP contribution is 2.34. The maximum absolute atomic E-state index is 3.61. The Kier molecular flexibility index (Phi) is 3.72. The van der Waals surface area contributed by atoms with E-state index in [0.717, 1.165) is 19.6 Å². The van der Waals surface area contributed by atoms with Crippen LogP contribution < -0.4 is 10.2 Å². The third-order valence-electron chi connectivity index (χ3n) is 3.78. The zero-order valence-electron chi connectivity index (χ0n) is 11.3. The SMILES string of the molecule is CCN(CC)c1ccc(CNC2(C)CC2)cc1. The minimum atomic E-state index is 0.428. The monoisotopic (exact) mass is 232 g/mol. The van der Waals surface area contributed by atoms with Crippen LogP contribution >= 0.6 is 0 Å². The minimum Gasteiger partial charge on any atom is -0.372 e. The molecule has 0 saturated heterocycles. The molecule has 0 unspecified atom stereocenters. The van der Waals surface area contributed by atoms with Crippen LogP contribution in [0, 0.1) is 0 Å². The molecular formula is C15H24N2. The molecule has 17 heavy (non-hydrogen) atoms. The van der Waals surface area contributed by atoms with Crippen molar-refractivity contribution >= 4 is 5.69 Å². The van der Waals surface area contributed by atoms with E-state index < -0.39 is 0 Å². The molecule has 1 aromatic rings. The molecule has 0 amide bonds. The normalized spacial score (nSPS) is 16.9. The highest BCUT2D eigenvalue weighted by molar-refractivity contribution is 5.47. The Hall–Kier alpha value is -1.02. The summed E-state index contributed by atoms with van der Waals surface area (Å²) in [5, 5.41) is 3.61. The fourth-order valence-corrected chi connectivity index (χ4v) is 2.09. The van der Waals surface area contributed by atoms with Crippen LogP contribution in [0.3, 0.4) is 0 Å². The van der Waals surface area contributed by atoms with Crippen molar-refractivity contribution in [2.75, 3.05) is 18.0 Å². The summed E-state index contributed by atoms with van der Waals surface area (Å²) in [5.74, 6) is 0. The first-order valence-electron chi connectivity index (χ1n) is 6.76. The fourth-order valence-electron chi connectivity index (χ4n) is 2.09. The Morgan fingerprint density at radius 2 is 1.71 bits per heavy atom. The van der Waals surface area contributed by atoms with Crippen molar-refractivity contribution in [2.24, 2.45) is 0 Å². The second kappa shape index (κ2) is 5.09. The first-order valence-corrected chi connectivity index (χ1v) is 6.76. The second-order valence-electron chi connectivity index (χ2n) is 5.25. The van der Waals surface area contributed by atoms with Gasteiger partial charge in [-0.2, -0.15) is 0 Å². The lowest BCUT2D eigenvalue weighted by Gasteiger charge is -2.21. The highest BCUT2D eigenvalue weighted by Gasteiger charge is 2.36. The smallest absolute Gasteiger partial charge is 0.0366 e. The molecule has 94 valence electrons. The topological polar surface area (TPSA) is 15.3 Å². The highest BCUT2D eigenvalue weighted by atomic mass is 15.1. The fraction of sp³-hybridized carbons (Fsp3) is 0.600. The third kappa shape index (κ3) is 3.22. The number of benzene rings is 1. The number of hydrogen-bond acceptors (Lipinski definition) is 2. The molecule has 0 bridgehead atoms. The third-order valence-corrected chi connectivity index (χ3v) is 3.78. The van der Waals surface area contributed by atoms with Crippen LogP contribution in [0.25, 0.3) is 0 Å². The molecule has 0 atom stereocenters. The Balaban J connectivity index is 1.92. The number of anilines is 1. The van der Waals surface area contributed by atoms with E-state index in [1.54, 1.807) is 0 Å². The quantitative estimate of drug-likeness (QED) is 0.810. The number of nitrogens with one attached hydrogen (secondary N) is 1. The standard InChI is InChI=1S/C15H24N2/c1-4-17(5-2)14-8-6-13(7-9-14)12-16-15(3)10-11-15/h6-9,16H,4-5,10-12H2,1-3H3. The number of nitrogens with zero attached hydrogens (tertiary/aromatic N) is 1. The van der Waals surface area contributed by atoms with Gasteiger partial charge in [-0.05, 0) is 51.3 Å². The molecule has 1 aromatic carbocycles. The summed E-state index contributed by atoms with van der Waals surface area (Å²) < 4.78 is 0. The molecule has 0 aliphatic heterocycles. The van der Waals surface area contributed by atoms with E-state index in [-0.39, 0.29) is 0 Å². The first-order chi connectivity index (χ1) is 8.17. The van der Waals surface area contributed by atoms with Gasteiger partial charge in [-0.15, -0.1) is 0 Å².